The van der Waals surface area contributed by atoms with Gasteiger partial charge in [-0.3, -0.25) is 9.69 Å². The maximum atomic E-state index is 12.6. The second kappa shape index (κ2) is 7.01. The van der Waals surface area contributed by atoms with Crippen LogP contribution < -0.4 is 5.32 Å². The molecule has 0 saturated carbocycles. The van der Waals surface area contributed by atoms with Crippen LogP contribution in [-0.4, -0.2) is 41.3 Å². The van der Waals surface area contributed by atoms with E-state index < -0.39 is 0 Å². The predicted octanol–water partition coefficient (Wildman–Crippen LogP) is 1.87. The Morgan fingerprint density at radius 1 is 1.48 bits per heavy atom. The molecule has 7 heteroatoms. The van der Waals surface area contributed by atoms with Gasteiger partial charge in [0.2, 0.25) is 5.91 Å². The highest BCUT2D eigenvalue weighted by Crippen LogP contribution is 2.32. The number of hydrogen-bond donors (Lipinski definition) is 1. The number of piperidine rings is 1. The Bertz CT molecular complexity index is 712. The van der Waals surface area contributed by atoms with Gasteiger partial charge in [-0.05, 0) is 31.9 Å². The highest BCUT2D eigenvalue weighted by Gasteiger charge is 2.42. The summed E-state index contributed by atoms with van der Waals surface area (Å²) in [6.45, 7) is 4.45. The number of ether oxygens (including phenoxy) is 1. The van der Waals surface area contributed by atoms with Gasteiger partial charge in [0.15, 0.2) is 0 Å². The van der Waals surface area contributed by atoms with Gasteiger partial charge in [0.25, 0.3) is 0 Å². The molecule has 0 aliphatic carbocycles. The van der Waals surface area contributed by atoms with Gasteiger partial charge in [0, 0.05) is 31.8 Å². The molecule has 7 nitrogen and oxygen atoms in total. The Balaban J connectivity index is 1.41. The average Bonchev–Trinajstić information content (AvgIpc) is 3.34. The molecule has 0 bridgehead atoms. The number of carbonyl (C=O) groups is 1. The van der Waals surface area contributed by atoms with Gasteiger partial charge in [0.05, 0.1) is 30.5 Å². The van der Waals surface area contributed by atoms with Crippen molar-refractivity contribution in [2.75, 3.05) is 13.2 Å². The Hall–Kier alpha value is -2.12. The lowest BCUT2D eigenvalue weighted by atomic mass is 9.89. The minimum absolute atomic E-state index is 0.0479. The first kappa shape index (κ1) is 16.4. The maximum Gasteiger partial charge on any atom is 0.224 e. The topological polar surface area (TPSA) is 80.7 Å². The van der Waals surface area contributed by atoms with E-state index in [1.165, 1.54) is 0 Å². The van der Waals surface area contributed by atoms with E-state index in [1.807, 2.05) is 25.1 Å². The number of amides is 1. The standard InChI is InChI=1S/C18H23N3O4/c1-12-7-14(20-25-12)11-21-10-13(8-17-16(21)4-6-24-17)18(22)19-9-15-3-2-5-23-15/h2-3,5,7,13,16-17H,4,6,8-11H2,1H3,(H,19,22)/t13-,16+,17+/m1/s1. The molecule has 0 unspecified atom stereocenters. The lowest BCUT2D eigenvalue weighted by Crippen LogP contribution is -2.52. The number of aryl methyl sites for hydroxylation is 1. The molecule has 2 aromatic heterocycles. The van der Waals surface area contributed by atoms with Crippen LogP contribution in [0.15, 0.2) is 33.4 Å². The van der Waals surface area contributed by atoms with Gasteiger partial charge < -0.3 is 19.0 Å². The van der Waals surface area contributed by atoms with E-state index in [4.69, 9.17) is 13.7 Å². The van der Waals surface area contributed by atoms with Crippen LogP contribution in [0.25, 0.3) is 0 Å². The van der Waals surface area contributed by atoms with E-state index in [0.29, 0.717) is 25.7 Å². The molecule has 2 aliphatic rings. The van der Waals surface area contributed by atoms with Crippen molar-refractivity contribution in [1.82, 2.24) is 15.4 Å². The molecule has 134 valence electrons. The molecule has 2 aliphatic heterocycles. The summed E-state index contributed by atoms with van der Waals surface area (Å²) in [5.74, 6) is 1.52. The zero-order valence-electron chi connectivity index (χ0n) is 14.3. The van der Waals surface area contributed by atoms with Crippen LogP contribution in [0.3, 0.4) is 0 Å². The molecule has 2 saturated heterocycles. The molecular formula is C18H23N3O4. The van der Waals surface area contributed by atoms with E-state index in [1.54, 1.807) is 6.26 Å². The third kappa shape index (κ3) is 3.62. The third-order valence-electron chi connectivity index (χ3n) is 5.05. The van der Waals surface area contributed by atoms with E-state index in [2.05, 4.69) is 15.4 Å². The number of likely N-dealkylation sites (tertiary alicyclic amines) is 1. The molecule has 4 rings (SSSR count). The SMILES string of the molecule is Cc1cc(CN2C[C@H](C(=O)NCc3ccco3)C[C@@H]3OCC[C@@H]32)no1. The van der Waals surface area contributed by atoms with Crippen LogP contribution in [0.5, 0.6) is 0 Å². The quantitative estimate of drug-likeness (QED) is 0.891. The molecule has 3 atom stereocenters. The summed E-state index contributed by atoms with van der Waals surface area (Å²) in [5, 5.41) is 7.07. The summed E-state index contributed by atoms with van der Waals surface area (Å²) in [7, 11) is 0. The summed E-state index contributed by atoms with van der Waals surface area (Å²) in [6, 6.07) is 5.98. The number of furan rings is 1. The van der Waals surface area contributed by atoms with Crippen LogP contribution in [0.2, 0.25) is 0 Å². The molecule has 1 amide bonds. The normalized spacial score (nSPS) is 26.5. The fourth-order valence-corrected chi connectivity index (χ4v) is 3.86. The molecule has 2 aromatic rings. The zero-order chi connectivity index (χ0) is 17.2. The maximum absolute atomic E-state index is 12.6. The van der Waals surface area contributed by atoms with E-state index >= 15 is 0 Å². The molecular weight excluding hydrogens is 322 g/mol. The Labute approximate surface area is 146 Å². The lowest BCUT2D eigenvalue weighted by Gasteiger charge is -2.39. The van der Waals surface area contributed by atoms with E-state index in [9.17, 15) is 4.79 Å². The van der Waals surface area contributed by atoms with Crippen molar-refractivity contribution in [2.45, 2.75) is 45.0 Å². The van der Waals surface area contributed by atoms with Crippen molar-refractivity contribution < 1.29 is 18.5 Å². The molecule has 2 fully saturated rings. The summed E-state index contributed by atoms with van der Waals surface area (Å²) < 4.78 is 16.3. The first-order chi connectivity index (χ1) is 12.2. The number of hydrogen-bond acceptors (Lipinski definition) is 6. The van der Waals surface area contributed by atoms with Gasteiger partial charge in [-0.1, -0.05) is 5.16 Å². The molecule has 0 aromatic carbocycles. The molecule has 4 heterocycles. The molecule has 0 spiro atoms. The highest BCUT2D eigenvalue weighted by molar-refractivity contribution is 5.79. The van der Waals surface area contributed by atoms with Crippen molar-refractivity contribution in [3.63, 3.8) is 0 Å². The highest BCUT2D eigenvalue weighted by atomic mass is 16.5. The second-order valence-corrected chi connectivity index (χ2v) is 6.85. The molecule has 0 radical (unpaired) electrons. The van der Waals surface area contributed by atoms with Gasteiger partial charge in [-0.15, -0.1) is 0 Å². The Morgan fingerprint density at radius 3 is 3.16 bits per heavy atom. The van der Waals surface area contributed by atoms with Gasteiger partial charge in [-0.25, -0.2) is 0 Å². The number of fused-ring (bicyclic) bond motifs is 1. The van der Waals surface area contributed by atoms with Crippen LogP contribution in [0.1, 0.15) is 30.1 Å². The number of carbonyl (C=O) groups excluding carboxylic acids is 1. The Morgan fingerprint density at radius 2 is 2.40 bits per heavy atom. The van der Waals surface area contributed by atoms with Crippen molar-refractivity contribution in [3.05, 3.63) is 41.7 Å². The van der Waals surface area contributed by atoms with Crippen molar-refractivity contribution in [2.24, 2.45) is 5.92 Å². The molecule has 25 heavy (non-hydrogen) atoms. The smallest absolute Gasteiger partial charge is 0.224 e. The zero-order valence-corrected chi connectivity index (χ0v) is 14.3. The lowest BCUT2D eigenvalue weighted by molar-refractivity contribution is -0.130. The molecule has 1 N–H and O–H groups in total. The first-order valence-electron chi connectivity index (χ1n) is 8.77. The van der Waals surface area contributed by atoms with Gasteiger partial charge in [-0.2, -0.15) is 0 Å². The van der Waals surface area contributed by atoms with E-state index in [-0.39, 0.29) is 17.9 Å². The fourth-order valence-electron chi connectivity index (χ4n) is 3.86. The monoisotopic (exact) mass is 345 g/mol. The minimum atomic E-state index is -0.0951. The number of nitrogens with one attached hydrogen (secondary N) is 1. The van der Waals surface area contributed by atoms with Crippen molar-refractivity contribution >= 4 is 5.91 Å². The summed E-state index contributed by atoms with van der Waals surface area (Å²) in [4.78, 5) is 14.9. The van der Waals surface area contributed by atoms with Crippen LogP contribution >= 0.6 is 0 Å². The minimum Gasteiger partial charge on any atom is -0.467 e. The number of nitrogens with zero attached hydrogens (tertiary/aromatic N) is 2. The Kier molecular flexibility index (Phi) is 4.59. The summed E-state index contributed by atoms with van der Waals surface area (Å²) in [5.41, 5.74) is 0.903. The van der Waals surface area contributed by atoms with Gasteiger partial charge >= 0.3 is 0 Å². The second-order valence-electron chi connectivity index (χ2n) is 6.85. The number of aromatic nitrogens is 1. The van der Waals surface area contributed by atoms with Crippen molar-refractivity contribution in [3.8, 4) is 0 Å². The summed E-state index contributed by atoms with van der Waals surface area (Å²) >= 11 is 0. The van der Waals surface area contributed by atoms with E-state index in [0.717, 1.165) is 36.7 Å². The third-order valence-corrected chi connectivity index (χ3v) is 5.05. The van der Waals surface area contributed by atoms with Crippen LogP contribution in [0, 0.1) is 12.8 Å². The van der Waals surface area contributed by atoms with Crippen molar-refractivity contribution in [1.29, 1.82) is 0 Å². The first-order valence-corrected chi connectivity index (χ1v) is 8.77. The van der Waals surface area contributed by atoms with Gasteiger partial charge in [0.1, 0.15) is 11.5 Å². The van der Waals surface area contributed by atoms with Crippen LogP contribution in [-0.2, 0) is 22.6 Å². The fraction of sp³-hybridized carbons (Fsp3) is 0.556. The van der Waals surface area contributed by atoms with Crippen LogP contribution in [0.4, 0.5) is 0 Å². The number of rotatable bonds is 5. The predicted molar refractivity (Wildman–Crippen MR) is 88.5 cm³/mol. The largest absolute Gasteiger partial charge is 0.467 e. The summed E-state index contributed by atoms with van der Waals surface area (Å²) in [6.07, 6.45) is 3.49. The average molecular weight is 345 g/mol.